The Kier molecular flexibility index (Phi) is 3.08. The lowest BCUT2D eigenvalue weighted by Gasteiger charge is -2.08. The van der Waals surface area contributed by atoms with E-state index >= 15 is 0 Å². The molecule has 1 aliphatic rings. The summed E-state index contributed by atoms with van der Waals surface area (Å²) in [5.74, 6) is -3.29. The van der Waals surface area contributed by atoms with Gasteiger partial charge in [-0.2, -0.15) is 0 Å². The van der Waals surface area contributed by atoms with E-state index in [9.17, 15) is 14.0 Å². The maximum atomic E-state index is 13.5. The molecule has 1 fully saturated rings. The molecule has 2 N–H and O–H groups in total. The Morgan fingerprint density at radius 2 is 1.95 bits per heavy atom. The van der Waals surface area contributed by atoms with Gasteiger partial charge in [0.25, 0.3) is 0 Å². The molecule has 1 amide bonds. The zero-order valence-electron chi connectivity index (χ0n) is 11.0. The predicted molar refractivity (Wildman–Crippen MR) is 68.2 cm³/mol. The van der Waals surface area contributed by atoms with Gasteiger partial charge < -0.3 is 10.4 Å². The van der Waals surface area contributed by atoms with Crippen LogP contribution in [-0.2, 0) is 9.59 Å². The van der Waals surface area contributed by atoms with Gasteiger partial charge in [-0.25, -0.2) is 4.39 Å². The number of rotatable bonds is 3. The predicted octanol–water partition coefficient (Wildman–Crippen LogP) is 2.43. The lowest BCUT2D eigenvalue weighted by Crippen LogP contribution is -2.18. The number of aliphatic carboxylic acids is 1. The zero-order chi connectivity index (χ0) is 14.4. The van der Waals surface area contributed by atoms with Crippen molar-refractivity contribution in [3.8, 4) is 0 Å². The van der Waals surface area contributed by atoms with Crippen LogP contribution in [0.3, 0.4) is 0 Å². The molecule has 0 heterocycles. The van der Waals surface area contributed by atoms with E-state index in [1.165, 1.54) is 12.1 Å². The first-order chi connectivity index (χ1) is 8.75. The monoisotopic (exact) mass is 265 g/mol. The third-order valence-corrected chi connectivity index (χ3v) is 3.76. The summed E-state index contributed by atoms with van der Waals surface area (Å²) in [5, 5.41) is 11.5. The van der Waals surface area contributed by atoms with E-state index < -0.39 is 34.9 Å². The minimum atomic E-state index is -0.991. The number of amides is 1. The van der Waals surface area contributed by atoms with Crippen LogP contribution in [0.15, 0.2) is 18.2 Å². The number of hydrogen-bond acceptors (Lipinski definition) is 2. The lowest BCUT2D eigenvalue weighted by molar-refractivity contribution is -0.140. The molecule has 1 saturated carbocycles. The van der Waals surface area contributed by atoms with E-state index in [2.05, 4.69) is 5.32 Å². The van der Waals surface area contributed by atoms with E-state index in [1.807, 2.05) is 0 Å². The van der Waals surface area contributed by atoms with E-state index in [0.29, 0.717) is 0 Å². The van der Waals surface area contributed by atoms with Crippen molar-refractivity contribution in [1.82, 2.24) is 0 Å². The van der Waals surface area contributed by atoms with E-state index in [1.54, 1.807) is 26.8 Å². The molecule has 0 spiro atoms. The maximum absolute atomic E-state index is 13.5. The second-order valence-electron chi connectivity index (χ2n) is 5.59. The standard InChI is InChI=1S/C14H16FNO3/c1-7-4-5-8(15)9(6-7)16-12(17)10-11(13(18)19)14(10,2)3/h4-6,10-11H,1-3H3,(H,16,17)(H,18,19)/t10-,11+/m1/s1. The van der Waals surface area contributed by atoms with Crippen LogP contribution in [-0.4, -0.2) is 17.0 Å². The van der Waals surface area contributed by atoms with Crippen LogP contribution < -0.4 is 5.32 Å². The number of carboxylic acids is 1. The van der Waals surface area contributed by atoms with Crippen molar-refractivity contribution in [3.63, 3.8) is 0 Å². The number of carbonyl (C=O) groups is 2. The molecular formula is C14H16FNO3. The van der Waals surface area contributed by atoms with Crippen LogP contribution in [0, 0.1) is 30.0 Å². The van der Waals surface area contributed by atoms with Crippen LogP contribution >= 0.6 is 0 Å². The van der Waals surface area contributed by atoms with Crippen molar-refractivity contribution in [2.45, 2.75) is 20.8 Å². The molecule has 2 atom stereocenters. The van der Waals surface area contributed by atoms with Gasteiger partial charge in [-0.1, -0.05) is 19.9 Å². The summed E-state index contributed by atoms with van der Waals surface area (Å²) in [6.07, 6.45) is 0. The second kappa shape index (κ2) is 4.33. The summed E-state index contributed by atoms with van der Waals surface area (Å²) in [4.78, 5) is 23.0. The minimum Gasteiger partial charge on any atom is -0.481 e. The highest BCUT2D eigenvalue weighted by Gasteiger charge is 2.65. The number of carboxylic acid groups (broad SMARTS) is 1. The third kappa shape index (κ3) is 2.32. The number of nitrogens with one attached hydrogen (secondary N) is 1. The van der Waals surface area contributed by atoms with Crippen LogP contribution in [0.2, 0.25) is 0 Å². The van der Waals surface area contributed by atoms with Gasteiger partial charge >= 0.3 is 5.97 Å². The van der Waals surface area contributed by atoms with Crippen molar-refractivity contribution >= 4 is 17.6 Å². The van der Waals surface area contributed by atoms with Gasteiger partial charge in [0.1, 0.15) is 5.82 Å². The molecule has 0 unspecified atom stereocenters. The second-order valence-corrected chi connectivity index (χ2v) is 5.59. The van der Waals surface area contributed by atoms with Gasteiger partial charge in [-0.05, 0) is 30.0 Å². The van der Waals surface area contributed by atoms with Gasteiger partial charge in [-0.15, -0.1) is 0 Å². The van der Waals surface area contributed by atoms with E-state index in [0.717, 1.165) is 5.56 Å². The molecule has 1 aromatic rings. The van der Waals surface area contributed by atoms with E-state index in [4.69, 9.17) is 5.11 Å². The fraction of sp³-hybridized carbons (Fsp3) is 0.429. The number of anilines is 1. The molecular weight excluding hydrogens is 249 g/mol. The fourth-order valence-corrected chi connectivity index (χ4v) is 2.53. The molecule has 5 heteroatoms. The Hall–Kier alpha value is -1.91. The molecule has 0 radical (unpaired) electrons. The average molecular weight is 265 g/mol. The first-order valence-electron chi connectivity index (χ1n) is 6.05. The van der Waals surface area contributed by atoms with Gasteiger partial charge in [-0.3, -0.25) is 9.59 Å². The van der Waals surface area contributed by atoms with Gasteiger partial charge in [0.05, 0.1) is 17.5 Å². The molecule has 102 valence electrons. The van der Waals surface area contributed by atoms with Crippen LogP contribution in [0.1, 0.15) is 19.4 Å². The summed E-state index contributed by atoms with van der Waals surface area (Å²) >= 11 is 0. The number of carbonyl (C=O) groups excluding carboxylic acids is 1. The Morgan fingerprint density at radius 3 is 2.47 bits per heavy atom. The molecule has 0 bridgehead atoms. The Labute approximate surface area is 110 Å². The molecule has 1 aliphatic carbocycles. The summed E-state index contributed by atoms with van der Waals surface area (Å²) in [6.45, 7) is 5.24. The number of hydrogen-bond donors (Lipinski definition) is 2. The Morgan fingerprint density at radius 1 is 1.32 bits per heavy atom. The van der Waals surface area contributed by atoms with Crippen molar-refractivity contribution in [2.75, 3.05) is 5.32 Å². The molecule has 19 heavy (non-hydrogen) atoms. The minimum absolute atomic E-state index is 0.0943. The maximum Gasteiger partial charge on any atom is 0.307 e. The SMILES string of the molecule is Cc1ccc(F)c(NC(=O)[C@H]2[C@@H](C(=O)O)C2(C)C)c1. The smallest absolute Gasteiger partial charge is 0.307 e. The topological polar surface area (TPSA) is 66.4 Å². The molecule has 0 aliphatic heterocycles. The summed E-state index contributed by atoms with van der Waals surface area (Å²) in [7, 11) is 0. The average Bonchev–Trinajstić information content (AvgIpc) is 2.87. The van der Waals surface area contributed by atoms with Crippen molar-refractivity contribution in [2.24, 2.45) is 17.3 Å². The zero-order valence-corrected chi connectivity index (χ0v) is 11.0. The normalized spacial score (nSPS) is 23.8. The third-order valence-electron chi connectivity index (χ3n) is 3.76. The van der Waals surface area contributed by atoms with E-state index in [-0.39, 0.29) is 5.69 Å². The van der Waals surface area contributed by atoms with Gasteiger partial charge in [0.15, 0.2) is 0 Å². The highest BCUT2D eigenvalue weighted by Crippen LogP contribution is 2.58. The summed E-state index contributed by atoms with van der Waals surface area (Å²) < 4.78 is 13.5. The van der Waals surface area contributed by atoms with Crippen molar-refractivity contribution in [3.05, 3.63) is 29.6 Å². The van der Waals surface area contributed by atoms with Crippen LogP contribution in [0.25, 0.3) is 0 Å². The highest BCUT2D eigenvalue weighted by atomic mass is 19.1. The molecule has 0 aromatic heterocycles. The van der Waals surface area contributed by atoms with Crippen LogP contribution in [0.5, 0.6) is 0 Å². The number of benzene rings is 1. The van der Waals surface area contributed by atoms with Crippen LogP contribution in [0.4, 0.5) is 10.1 Å². The van der Waals surface area contributed by atoms with Crippen molar-refractivity contribution in [1.29, 1.82) is 0 Å². The Balaban J connectivity index is 2.15. The number of halogens is 1. The van der Waals surface area contributed by atoms with Gasteiger partial charge in [0.2, 0.25) is 5.91 Å². The lowest BCUT2D eigenvalue weighted by atomic mass is 10.1. The van der Waals surface area contributed by atoms with Gasteiger partial charge in [0, 0.05) is 0 Å². The fourth-order valence-electron chi connectivity index (χ4n) is 2.53. The summed E-state index contributed by atoms with van der Waals surface area (Å²) in [5.41, 5.74) is 0.328. The quantitative estimate of drug-likeness (QED) is 0.882. The summed E-state index contributed by atoms with van der Waals surface area (Å²) in [6, 6.07) is 4.40. The molecule has 2 rings (SSSR count). The molecule has 4 nitrogen and oxygen atoms in total. The molecule has 0 saturated heterocycles. The molecule has 1 aromatic carbocycles. The first kappa shape index (κ1) is 13.5. The van der Waals surface area contributed by atoms with Crippen molar-refractivity contribution < 1.29 is 19.1 Å². The Bertz CT molecular complexity index is 554. The largest absolute Gasteiger partial charge is 0.481 e. The number of aryl methyl sites for hydroxylation is 1. The highest BCUT2D eigenvalue weighted by molar-refractivity contribution is 5.99. The first-order valence-corrected chi connectivity index (χ1v) is 6.05.